The molecule has 1 fully saturated rings. The zero-order valence-corrected chi connectivity index (χ0v) is 14.8. The van der Waals surface area contributed by atoms with Crippen molar-refractivity contribution in [2.45, 2.75) is 32.4 Å². The summed E-state index contributed by atoms with van der Waals surface area (Å²) < 4.78 is 2.01. The largest absolute Gasteiger partial charge is 0.337 e. The minimum atomic E-state index is 0.125. The number of rotatable bonds is 4. The van der Waals surface area contributed by atoms with Crippen LogP contribution in [0.2, 0.25) is 0 Å². The first kappa shape index (κ1) is 16.7. The monoisotopic (exact) mass is 326 g/mol. The molecule has 0 aliphatic carbocycles. The molecule has 1 aromatic carbocycles. The number of amides is 1. The molecule has 0 radical (unpaired) electrons. The summed E-state index contributed by atoms with van der Waals surface area (Å²) in [7, 11) is 4.09. The maximum absolute atomic E-state index is 12.8. The van der Waals surface area contributed by atoms with Gasteiger partial charge in [-0.1, -0.05) is 12.1 Å². The second-order valence-corrected chi connectivity index (χ2v) is 6.98. The number of hydrogen-bond donors (Lipinski definition) is 0. The Kier molecular flexibility index (Phi) is 5.00. The van der Waals surface area contributed by atoms with Gasteiger partial charge in [0.25, 0.3) is 5.91 Å². The number of piperidine rings is 1. The quantitative estimate of drug-likeness (QED) is 0.867. The van der Waals surface area contributed by atoms with Gasteiger partial charge in [0.2, 0.25) is 0 Å². The van der Waals surface area contributed by atoms with E-state index >= 15 is 0 Å². The Bertz CT molecular complexity index is 690. The van der Waals surface area contributed by atoms with E-state index in [4.69, 9.17) is 0 Å². The summed E-state index contributed by atoms with van der Waals surface area (Å²) >= 11 is 0. The minimum absolute atomic E-state index is 0.125. The molecule has 5 nitrogen and oxygen atoms in total. The van der Waals surface area contributed by atoms with Crippen molar-refractivity contribution in [3.8, 4) is 0 Å². The molecule has 0 bridgehead atoms. The summed E-state index contributed by atoms with van der Waals surface area (Å²) in [6.45, 7) is 4.50. The van der Waals surface area contributed by atoms with Gasteiger partial charge in [0, 0.05) is 31.4 Å². The third-order valence-corrected chi connectivity index (χ3v) is 4.49. The second-order valence-electron chi connectivity index (χ2n) is 6.98. The van der Waals surface area contributed by atoms with Gasteiger partial charge in [-0.3, -0.25) is 9.48 Å². The number of carbonyl (C=O) groups excluding carboxylic acids is 1. The number of carbonyl (C=O) groups is 1. The third-order valence-electron chi connectivity index (χ3n) is 4.49. The van der Waals surface area contributed by atoms with E-state index in [9.17, 15) is 4.79 Å². The van der Waals surface area contributed by atoms with E-state index in [1.165, 1.54) is 5.56 Å². The molecule has 1 aliphatic rings. The van der Waals surface area contributed by atoms with Crippen LogP contribution in [0.1, 0.15) is 40.4 Å². The van der Waals surface area contributed by atoms with Crippen LogP contribution in [-0.4, -0.2) is 52.7 Å². The lowest BCUT2D eigenvalue weighted by Gasteiger charge is -2.33. The highest BCUT2D eigenvalue weighted by atomic mass is 16.2. The maximum Gasteiger partial charge on any atom is 0.253 e. The number of aromatic nitrogens is 2. The van der Waals surface area contributed by atoms with Gasteiger partial charge in [-0.2, -0.15) is 5.10 Å². The van der Waals surface area contributed by atoms with Crippen molar-refractivity contribution in [2.75, 3.05) is 27.2 Å². The molecule has 1 aliphatic heterocycles. The SMILES string of the molecule is Cc1cnn([C@H]2CCCN(C(=O)c3ccc(CN(C)C)cc3)C2)c1. The molecule has 1 aromatic heterocycles. The number of aryl methyl sites for hydroxylation is 1. The molecule has 2 heterocycles. The molecule has 3 rings (SSSR count). The van der Waals surface area contributed by atoms with Crippen LogP contribution in [0.5, 0.6) is 0 Å². The molecule has 1 saturated heterocycles. The normalized spacial score (nSPS) is 18.2. The van der Waals surface area contributed by atoms with E-state index in [1.807, 2.05) is 61.1 Å². The van der Waals surface area contributed by atoms with Crippen molar-refractivity contribution in [1.82, 2.24) is 19.6 Å². The molecule has 128 valence electrons. The highest BCUT2D eigenvalue weighted by Crippen LogP contribution is 2.23. The van der Waals surface area contributed by atoms with Crippen LogP contribution in [0.25, 0.3) is 0 Å². The van der Waals surface area contributed by atoms with Crippen molar-refractivity contribution in [3.05, 3.63) is 53.3 Å². The van der Waals surface area contributed by atoms with Gasteiger partial charge in [0.05, 0.1) is 12.2 Å². The van der Waals surface area contributed by atoms with Crippen molar-refractivity contribution in [1.29, 1.82) is 0 Å². The smallest absolute Gasteiger partial charge is 0.253 e. The van der Waals surface area contributed by atoms with Crippen LogP contribution in [0.4, 0.5) is 0 Å². The fraction of sp³-hybridized carbons (Fsp3) is 0.474. The standard InChI is InChI=1S/C19H26N4O/c1-15-11-20-23(12-15)18-5-4-10-22(14-18)19(24)17-8-6-16(7-9-17)13-21(2)3/h6-9,11-12,18H,4-5,10,13-14H2,1-3H3/t18-/m0/s1. The number of likely N-dealkylation sites (tertiary alicyclic amines) is 1. The molecule has 0 N–H and O–H groups in total. The fourth-order valence-corrected chi connectivity index (χ4v) is 3.29. The Hall–Kier alpha value is -2.14. The zero-order chi connectivity index (χ0) is 17.1. The average Bonchev–Trinajstić information content (AvgIpc) is 3.01. The van der Waals surface area contributed by atoms with Crippen molar-refractivity contribution in [3.63, 3.8) is 0 Å². The second kappa shape index (κ2) is 7.18. The topological polar surface area (TPSA) is 41.4 Å². The number of hydrogen-bond acceptors (Lipinski definition) is 3. The number of benzene rings is 1. The van der Waals surface area contributed by atoms with E-state index in [2.05, 4.69) is 16.2 Å². The Morgan fingerprint density at radius 2 is 2.04 bits per heavy atom. The predicted molar refractivity (Wildman–Crippen MR) is 95.0 cm³/mol. The summed E-state index contributed by atoms with van der Waals surface area (Å²) in [6, 6.07) is 8.27. The molecular formula is C19H26N4O. The summed E-state index contributed by atoms with van der Waals surface area (Å²) in [5.74, 6) is 0.125. The van der Waals surface area contributed by atoms with Gasteiger partial charge in [-0.25, -0.2) is 0 Å². The Labute approximate surface area is 143 Å². The lowest BCUT2D eigenvalue weighted by Crippen LogP contribution is -2.40. The average molecular weight is 326 g/mol. The van der Waals surface area contributed by atoms with Crippen LogP contribution < -0.4 is 0 Å². The van der Waals surface area contributed by atoms with E-state index in [-0.39, 0.29) is 11.9 Å². The molecule has 5 heteroatoms. The molecule has 0 saturated carbocycles. The van der Waals surface area contributed by atoms with Crippen molar-refractivity contribution >= 4 is 5.91 Å². The Morgan fingerprint density at radius 3 is 2.67 bits per heavy atom. The molecule has 2 aromatic rings. The lowest BCUT2D eigenvalue weighted by atomic mass is 10.0. The van der Waals surface area contributed by atoms with E-state index in [0.717, 1.165) is 43.6 Å². The van der Waals surface area contributed by atoms with Crippen molar-refractivity contribution < 1.29 is 4.79 Å². The van der Waals surface area contributed by atoms with Crippen molar-refractivity contribution in [2.24, 2.45) is 0 Å². The van der Waals surface area contributed by atoms with Crippen LogP contribution in [0.15, 0.2) is 36.7 Å². The Balaban J connectivity index is 1.67. The molecular weight excluding hydrogens is 300 g/mol. The highest BCUT2D eigenvalue weighted by Gasteiger charge is 2.25. The van der Waals surface area contributed by atoms with E-state index in [0.29, 0.717) is 0 Å². The summed E-state index contributed by atoms with van der Waals surface area (Å²) in [4.78, 5) is 16.9. The summed E-state index contributed by atoms with van der Waals surface area (Å²) in [5.41, 5.74) is 3.16. The number of nitrogens with zero attached hydrogens (tertiary/aromatic N) is 4. The van der Waals surface area contributed by atoms with Gasteiger partial charge >= 0.3 is 0 Å². The predicted octanol–water partition coefficient (Wildman–Crippen LogP) is 2.73. The zero-order valence-electron chi connectivity index (χ0n) is 14.8. The summed E-state index contributed by atoms with van der Waals surface area (Å²) in [5, 5.41) is 4.42. The van der Waals surface area contributed by atoms with Gasteiger partial charge in [-0.15, -0.1) is 0 Å². The van der Waals surface area contributed by atoms with Crippen LogP contribution in [0.3, 0.4) is 0 Å². The maximum atomic E-state index is 12.8. The van der Waals surface area contributed by atoms with Gasteiger partial charge in [0.1, 0.15) is 0 Å². The third kappa shape index (κ3) is 3.85. The minimum Gasteiger partial charge on any atom is -0.337 e. The van der Waals surface area contributed by atoms with E-state index < -0.39 is 0 Å². The molecule has 1 amide bonds. The Morgan fingerprint density at radius 1 is 1.29 bits per heavy atom. The van der Waals surface area contributed by atoms with Gasteiger partial charge in [0.15, 0.2) is 0 Å². The molecule has 0 spiro atoms. The lowest BCUT2D eigenvalue weighted by molar-refractivity contribution is 0.0673. The molecule has 1 atom stereocenters. The van der Waals surface area contributed by atoms with Gasteiger partial charge in [-0.05, 0) is 57.1 Å². The highest BCUT2D eigenvalue weighted by molar-refractivity contribution is 5.94. The van der Waals surface area contributed by atoms with Gasteiger partial charge < -0.3 is 9.80 Å². The molecule has 0 unspecified atom stereocenters. The fourth-order valence-electron chi connectivity index (χ4n) is 3.29. The first-order valence-corrected chi connectivity index (χ1v) is 8.56. The van der Waals surface area contributed by atoms with Crippen LogP contribution in [-0.2, 0) is 6.54 Å². The summed E-state index contributed by atoms with van der Waals surface area (Å²) in [6.07, 6.45) is 6.04. The van der Waals surface area contributed by atoms with Crippen LogP contribution in [0, 0.1) is 6.92 Å². The first-order chi connectivity index (χ1) is 11.5. The van der Waals surface area contributed by atoms with Crippen LogP contribution >= 0.6 is 0 Å². The first-order valence-electron chi connectivity index (χ1n) is 8.56. The molecule has 24 heavy (non-hydrogen) atoms. The van der Waals surface area contributed by atoms with E-state index in [1.54, 1.807) is 0 Å².